The molecule has 2 aromatic carbocycles. The molecule has 4 rings (SSSR count). The summed E-state index contributed by atoms with van der Waals surface area (Å²) in [5, 5.41) is 6.97. The molecule has 0 aliphatic carbocycles. The average Bonchev–Trinajstić information content (AvgIpc) is 3.23. The standard InChI is InChI=1S/C22H17F2N3O2/c1-14-18(16-5-3-2-4-6-16)11-12-19(28)27(14)13-15-7-9-17(10-8-15)21-25-26-22(29-21)20(23)24/h2-12,20H,13H2,1H3. The van der Waals surface area contributed by atoms with Crippen molar-refractivity contribution in [3.8, 4) is 22.6 Å². The minimum Gasteiger partial charge on any atom is -0.415 e. The Morgan fingerprint density at radius 2 is 1.66 bits per heavy atom. The van der Waals surface area contributed by atoms with Gasteiger partial charge in [-0.1, -0.05) is 42.5 Å². The van der Waals surface area contributed by atoms with Crippen LogP contribution < -0.4 is 5.56 Å². The predicted molar refractivity (Wildman–Crippen MR) is 105 cm³/mol. The average molecular weight is 393 g/mol. The number of pyridine rings is 1. The SMILES string of the molecule is Cc1c(-c2ccccc2)ccc(=O)n1Cc1ccc(-c2nnc(C(F)F)o2)cc1. The lowest BCUT2D eigenvalue weighted by Crippen LogP contribution is -2.22. The Morgan fingerprint density at radius 3 is 2.31 bits per heavy atom. The maximum Gasteiger partial charge on any atom is 0.314 e. The van der Waals surface area contributed by atoms with Crippen LogP contribution in [0.4, 0.5) is 8.78 Å². The quantitative estimate of drug-likeness (QED) is 0.486. The maximum atomic E-state index is 12.6. The zero-order valence-corrected chi connectivity index (χ0v) is 15.5. The van der Waals surface area contributed by atoms with Gasteiger partial charge in [0.25, 0.3) is 11.4 Å². The molecule has 2 heterocycles. The van der Waals surface area contributed by atoms with E-state index in [-0.39, 0.29) is 11.4 Å². The highest BCUT2D eigenvalue weighted by Crippen LogP contribution is 2.25. The van der Waals surface area contributed by atoms with Crippen molar-refractivity contribution in [1.29, 1.82) is 0 Å². The van der Waals surface area contributed by atoms with Gasteiger partial charge in [-0.2, -0.15) is 8.78 Å². The van der Waals surface area contributed by atoms with E-state index < -0.39 is 12.3 Å². The summed E-state index contributed by atoms with van der Waals surface area (Å²) in [6, 6.07) is 20.3. The highest BCUT2D eigenvalue weighted by molar-refractivity contribution is 5.65. The van der Waals surface area contributed by atoms with Crippen molar-refractivity contribution in [2.24, 2.45) is 0 Å². The van der Waals surface area contributed by atoms with E-state index in [1.54, 1.807) is 22.8 Å². The molecule has 0 aliphatic heterocycles. The van der Waals surface area contributed by atoms with Crippen LogP contribution in [0.15, 0.2) is 75.9 Å². The number of benzene rings is 2. The molecule has 146 valence electrons. The van der Waals surface area contributed by atoms with Crippen LogP contribution in [-0.4, -0.2) is 14.8 Å². The van der Waals surface area contributed by atoms with Gasteiger partial charge in [0.15, 0.2) is 0 Å². The minimum atomic E-state index is -2.80. The fraction of sp³-hybridized carbons (Fsp3) is 0.136. The van der Waals surface area contributed by atoms with Crippen molar-refractivity contribution < 1.29 is 13.2 Å². The molecule has 0 spiro atoms. The van der Waals surface area contributed by atoms with Gasteiger partial charge in [0, 0.05) is 22.9 Å². The third-order valence-corrected chi connectivity index (χ3v) is 4.71. The molecule has 0 amide bonds. The van der Waals surface area contributed by atoms with E-state index in [9.17, 15) is 13.6 Å². The molecule has 0 aliphatic rings. The largest absolute Gasteiger partial charge is 0.415 e. The molecule has 0 atom stereocenters. The van der Waals surface area contributed by atoms with E-state index in [0.717, 1.165) is 22.4 Å². The second-order valence-corrected chi connectivity index (χ2v) is 6.57. The Labute approximate surface area is 165 Å². The van der Waals surface area contributed by atoms with Crippen LogP contribution in [0.3, 0.4) is 0 Å². The van der Waals surface area contributed by atoms with Gasteiger partial charge in [-0.05, 0) is 36.2 Å². The van der Waals surface area contributed by atoms with Gasteiger partial charge >= 0.3 is 6.43 Å². The van der Waals surface area contributed by atoms with Crippen LogP contribution in [0, 0.1) is 6.92 Å². The van der Waals surface area contributed by atoms with Crippen molar-refractivity contribution in [3.05, 3.63) is 94.2 Å². The van der Waals surface area contributed by atoms with Crippen molar-refractivity contribution in [3.63, 3.8) is 0 Å². The van der Waals surface area contributed by atoms with E-state index in [0.29, 0.717) is 12.1 Å². The monoisotopic (exact) mass is 393 g/mol. The Kier molecular flexibility index (Phi) is 5.03. The number of halogens is 2. The fourth-order valence-electron chi connectivity index (χ4n) is 3.17. The van der Waals surface area contributed by atoms with E-state index in [1.165, 1.54) is 0 Å². The molecule has 4 aromatic rings. The van der Waals surface area contributed by atoms with Gasteiger partial charge in [0.05, 0.1) is 6.54 Å². The predicted octanol–water partition coefficient (Wildman–Crippen LogP) is 4.86. The molecule has 29 heavy (non-hydrogen) atoms. The van der Waals surface area contributed by atoms with E-state index in [2.05, 4.69) is 10.2 Å². The van der Waals surface area contributed by atoms with Crippen LogP contribution in [0.25, 0.3) is 22.6 Å². The number of rotatable bonds is 5. The minimum absolute atomic E-state index is 0.0336. The first-order valence-electron chi connectivity index (χ1n) is 8.99. The van der Waals surface area contributed by atoms with Crippen molar-refractivity contribution >= 4 is 0 Å². The lowest BCUT2D eigenvalue weighted by Gasteiger charge is -2.14. The van der Waals surface area contributed by atoms with Crippen LogP contribution in [0.5, 0.6) is 0 Å². The van der Waals surface area contributed by atoms with Crippen molar-refractivity contribution in [2.75, 3.05) is 0 Å². The second-order valence-electron chi connectivity index (χ2n) is 6.57. The first-order valence-corrected chi connectivity index (χ1v) is 8.99. The third-order valence-electron chi connectivity index (χ3n) is 4.71. The number of nitrogens with zero attached hydrogens (tertiary/aromatic N) is 3. The molecule has 2 aromatic heterocycles. The second kappa shape index (κ2) is 7.79. The van der Waals surface area contributed by atoms with E-state index in [4.69, 9.17) is 4.42 Å². The first kappa shape index (κ1) is 18.7. The summed E-state index contributed by atoms with van der Waals surface area (Å²) in [4.78, 5) is 12.4. The molecule has 7 heteroatoms. The highest BCUT2D eigenvalue weighted by Gasteiger charge is 2.17. The van der Waals surface area contributed by atoms with Crippen LogP contribution in [-0.2, 0) is 6.54 Å². The van der Waals surface area contributed by atoms with Gasteiger partial charge in [-0.25, -0.2) is 0 Å². The summed E-state index contributed by atoms with van der Waals surface area (Å²) in [5.41, 5.74) is 4.23. The molecular formula is C22H17F2N3O2. The lowest BCUT2D eigenvalue weighted by molar-refractivity contribution is 0.116. The first-order chi connectivity index (χ1) is 14.0. The summed E-state index contributed by atoms with van der Waals surface area (Å²) in [6.45, 7) is 2.31. The highest BCUT2D eigenvalue weighted by atomic mass is 19.3. The van der Waals surface area contributed by atoms with Gasteiger partial charge in [0.2, 0.25) is 5.89 Å². The van der Waals surface area contributed by atoms with Crippen LogP contribution in [0.1, 0.15) is 23.6 Å². The number of hydrogen-bond acceptors (Lipinski definition) is 4. The zero-order chi connectivity index (χ0) is 20.4. The summed E-state index contributed by atoms with van der Waals surface area (Å²) < 4.78 is 31.9. The van der Waals surface area contributed by atoms with Gasteiger partial charge < -0.3 is 8.98 Å². The normalized spacial score (nSPS) is 11.2. The fourth-order valence-corrected chi connectivity index (χ4v) is 3.17. The number of aromatic nitrogens is 3. The Bertz CT molecular complexity index is 1180. The third kappa shape index (κ3) is 3.85. The summed E-state index contributed by atoms with van der Waals surface area (Å²) in [7, 11) is 0. The maximum absolute atomic E-state index is 12.6. The molecule has 5 nitrogen and oxygen atoms in total. The van der Waals surface area contributed by atoms with Gasteiger partial charge in [0.1, 0.15) is 0 Å². The smallest absolute Gasteiger partial charge is 0.314 e. The van der Waals surface area contributed by atoms with E-state index in [1.807, 2.05) is 55.5 Å². The Hall–Kier alpha value is -3.61. The molecule has 0 fully saturated rings. The molecule has 0 unspecified atom stereocenters. The van der Waals surface area contributed by atoms with Gasteiger partial charge in [-0.15, -0.1) is 10.2 Å². The molecule has 0 saturated heterocycles. The molecule has 0 N–H and O–H groups in total. The zero-order valence-electron chi connectivity index (χ0n) is 15.5. The summed E-state index contributed by atoms with van der Waals surface area (Å²) in [5.74, 6) is -0.671. The Morgan fingerprint density at radius 1 is 0.931 bits per heavy atom. The van der Waals surface area contributed by atoms with Crippen LogP contribution in [0.2, 0.25) is 0 Å². The van der Waals surface area contributed by atoms with Crippen molar-refractivity contribution in [2.45, 2.75) is 19.9 Å². The summed E-state index contributed by atoms with van der Waals surface area (Å²) in [6.07, 6.45) is -2.80. The number of hydrogen-bond donors (Lipinski definition) is 0. The molecule has 0 bridgehead atoms. The number of alkyl halides is 2. The molecular weight excluding hydrogens is 376 g/mol. The lowest BCUT2D eigenvalue weighted by atomic mass is 10.0. The van der Waals surface area contributed by atoms with Crippen LogP contribution >= 0.6 is 0 Å². The molecule has 0 saturated carbocycles. The molecule has 0 radical (unpaired) electrons. The van der Waals surface area contributed by atoms with Gasteiger partial charge in [-0.3, -0.25) is 4.79 Å². The van der Waals surface area contributed by atoms with Crippen molar-refractivity contribution in [1.82, 2.24) is 14.8 Å². The summed E-state index contributed by atoms with van der Waals surface area (Å²) >= 11 is 0. The van der Waals surface area contributed by atoms with E-state index >= 15 is 0 Å². The Balaban J connectivity index is 1.62. The topological polar surface area (TPSA) is 60.9 Å².